The molecule has 1 saturated heterocycles. The van der Waals surface area contributed by atoms with Crippen molar-refractivity contribution in [2.45, 2.75) is 19.8 Å². The Balaban J connectivity index is 2.01. The van der Waals surface area contributed by atoms with Gasteiger partial charge in [0, 0.05) is 37.1 Å². The number of carbonyl (C=O) groups excluding carboxylic acids is 1. The lowest BCUT2D eigenvalue weighted by atomic mass is 10.1. The average Bonchev–Trinajstić information content (AvgIpc) is 3.23. The average molecular weight is 399 g/mol. The van der Waals surface area contributed by atoms with Crippen molar-refractivity contribution < 1.29 is 9.53 Å². The summed E-state index contributed by atoms with van der Waals surface area (Å²) >= 11 is 6.51. The quantitative estimate of drug-likeness (QED) is 0.628. The van der Waals surface area contributed by atoms with E-state index < -0.39 is 11.4 Å². The van der Waals surface area contributed by atoms with Crippen LogP contribution in [0.15, 0.2) is 41.7 Å². The molecule has 1 aliphatic rings. The van der Waals surface area contributed by atoms with E-state index in [2.05, 4.69) is 14.9 Å². The van der Waals surface area contributed by atoms with Crippen LogP contribution in [-0.2, 0) is 4.74 Å². The third kappa shape index (κ3) is 3.22. The number of fused-ring (bicyclic) bond motifs is 1. The summed E-state index contributed by atoms with van der Waals surface area (Å²) in [6.07, 6.45) is 8.37. The fraction of sp³-hybridized carbons (Fsp3) is 0.300. The number of ether oxygens (including phenoxy) is 1. The van der Waals surface area contributed by atoms with Crippen LogP contribution in [0.5, 0.6) is 0 Å². The molecule has 4 rings (SSSR count). The highest BCUT2D eigenvalue weighted by Crippen LogP contribution is 2.33. The number of hydrogen-bond acceptors (Lipinski definition) is 6. The topological polar surface area (TPSA) is 77.3 Å². The maximum atomic E-state index is 13.0. The fourth-order valence-corrected chi connectivity index (χ4v) is 3.78. The monoisotopic (exact) mass is 398 g/mol. The zero-order chi connectivity index (χ0) is 19.7. The Morgan fingerprint density at radius 1 is 1.25 bits per heavy atom. The minimum absolute atomic E-state index is 0.0648. The molecule has 2 aromatic heterocycles. The van der Waals surface area contributed by atoms with Crippen LogP contribution in [0.2, 0.25) is 5.02 Å². The molecule has 0 unspecified atom stereocenters. The molecule has 0 atom stereocenters. The summed E-state index contributed by atoms with van der Waals surface area (Å²) in [6, 6.07) is 3.51. The second kappa shape index (κ2) is 7.59. The molecule has 3 aromatic rings. The van der Waals surface area contributed by atoms with Crippen LogP contribution in [-0.4, -0.2) is 40.2 Å². The Labute approximate surface area is 166 Å². The molecule has 0 aliphatic carbocycles. The van der Waals surface area contributed by atoms with Gasteiger partial charge in [0.25, 0.3) is 0 Å². The molecule has 1 fully saturated rings. The third-order valence-corrected chi connectivity index (χ3v) is 5.11. The lowest BCUT2D eigenvalue weighted by Gasteiger charge is -2.21. The van der Waals surface area contributed by atoms with E-state index in [4.69, 9.17) is 16.3 Å². The molecule has 1 aliphatic heterocycles. The van der Waals surface area contributed by atoms with Crippen LogP contribution in [0, 0.1) is 0 Å². The van der Waals surface area contributed by atoms with Crippen molar-refractivity contribution in [1.82, 2.24) is 14.5 Å². The molecule has 0 amide bonds. The first-order valence-electron chi connectivity index (χ1n) is 9.17. The van der Waals surface area contributed by atoms with E-state index >= 15 is 0 Å². The number of benzene rings is 1. The summed E-state index contributed by atoms with van der Waals surface area (Å²) in [5, 5.41) is 0.822. The first-order valence-corrected chi connectivity index (χ1v) is 9.55. The molecular weight excluding hydrogens is 380 g/mol. The number of anilines is 1. The predicted octanol–water partition coefficient (Wildman–Crippen LogP) is 3.21. The lowest BCUT2D eigenvalue weighted by molar-refractivity contribution is 0.0524. The highest BCUT2D eigenvalue weighted by atomic mass is 35.5. The van der Waals surface area contributed by atoms with Gasteiger partial charge in [-0.2, -0.15) is 0 Å². The first-order chi connectivity index (χ1) is 13.6. The highest BCUT2D eigenvalue weighted by Gasteiger charge is 2.21. The molecule has 0 spiro atoms. The van der Waals surface area contributed by atoms with Gasteiger partial charge in [-0.05, 0) is 31.9 Å². The Hall–Kier alpha value is -2.93. The highest BCUT2D eigenvalue weighted by molar-refractivity contribution is 6.34. The zero-order valence-electron chi connectivity index (χ0n) is 15.4. The summed E-state index contributed by atoms with van der Waals surface area (Å²) in [4.78, 5) is 36.0. The Morgan fingerprint density at radius 2 is 2.04 bits per heavy atom. The van der Waals surface area contributed by atoms with Gasteiger partial charge in [0.2, 0.25) is 5.43 Å². The molecule has 7 nitrogen and oxygen atoms in total. The Morgan fingerprint density at radius 3 is 2.71 bits per heavy atom. The summed E-state index contributed by atoms with van der Waals surface area (Å²) in [7, 11) is 0. The molecule has 3 heterocycles. The number of hydrogen-bond donors (Lipinski definition) is 0. The van der Waals surface area contributed by atoms with E-state index in [0.717, 1.165) is 31.6 Å². The van der Waals surface area contributed by atoms with Crippen molar-refractivity contribution in [2.75, 3.05) is 24.6 Å². The summed E-state index contributed by atoms with van der Waals surface area (Å²) in [5.74, 6) is -0.181. The van der Waals surface area contributed by atoms with Crippen LogP contribution in [0.4, 0.5) is 5.69 Å². The van der Waals surface area contributed by atoms with Gasteiger partial charge in [-0.25, -0.2) is 9.78 Å². The van der Waals surface area contributed by atoms with E-state index in [1.165, 1.54) is 6.20 Å². The summed E-state index contributed by atoms with van der Waals surface area (Å²) < 4.78 is 6.74. The number of carbonyl (C=O) groups is 1. The standard InChI is InChI=1S/C20H19ClN4O3/c1-2-28-20(27)14-12-25(18-11-22-5-6-23-18)16-10-17(24-7-3-4-8-24)15(21)9-13(16)19(14)26/h5-6,9-12H,2-4,7-8H2,1H3. The SMILES string of the molecule is CCOC(=O)c1cn(-c2cnccn2)c2cc(N3CCCC3)c(Cl)cc2c1=O. The molecular formula is C20H19ClN4O3. The predicted molar refractivity (Wildman–Crippen MR) is 108 cm³/mol. The normalized spacial score (nSPS) is 13.9. The first kappa shape index (κ1) is 18.4. The van der Waals surface area contributed by atoms with Crippen LogP contribution in [0.1, 0.15) is 30.1 Å². The van der Waals surface area contributed by atoms with Crippen molar-refractivity contribution in [1.29, 1.82) is 0 Å². The Bertz CT molecular complexity index is 1090. The minimum atomic E-state index is -0.674. The zero-order valence-corrected chi connectivity index (χ0v) is 16.1. The number of nitrogens with zero attached hydrogens (tertiary/aromatic N) is 4. The molecule has 0 N–H and O–H groups in total. The molecule has 1 aromatic carbocycles. The second-order valence-corrected chi connectivity index (χ2v) is 6.95. The van der Waals surface area contributed by atoms with Gasteiger partial charge in [-0.1, -0.05) is 11.6 Å². The van der Waals surface area contributed by atoms with E-state index in [0.29, 0.717) is 21.7 Å². The maximum Gasteiger partial charge on any atom is 0.343 e. The maximum absolute atomic E-state index is 13.0. The van der Waals surface area contributed by atoms with Crippen LogP contribution in [0.3, 0.4) is 0 Å². The van der Waals surface area contributed by atoms with Crippen molar-refractivity contribution in [3.63, 3.8) is 0 Å². The van der Waals surface area contributed by atoms with Gasteiger partial charge < -0.3 is 9.64 Å². The molecule has 144 valence electrons. The van der Waals surface area contributed by atoms with Crippen LogP contribution in [0.25, 0.3) is 16.7 Å². The summed E-state index contributed by atoms with van der Waals surface area (Å²) in [5.41, 5.74) is 1.01. The van der Waals surface area contributed by atoms with Crippen molar-refractivity contribution in [2.24, 2.45) is 0 Å². The largest absolute Gasteiger partial charge is 0.462 e. The van der Waals surface area contributed by atoms with Crippen molar-refractivity contribution in [3.8, 4) is 5.82 Å². The number of pyridine rings is 1. The molecule has 8 heteroatoms. The minimum Gasteiger partial charge on any atom is -0.462 e. The number of aromatic nitrogens is 3. The van der Waals surface area contributed by atoms with Crippen LogP contribution >= 0.6 is 11.6 Å². The number of esters is 1. The Kier molecular flexibility index (Phi) is 5.00. The summed E-state index contributed by atoms with van der Waals surface area (Å²) in [6.45, 7) is 3.71. The fourth-order valence-electron chi connectivity index (χ4n) is 3.49. The third-order valence-electron chi connectivity index (χ3n) is 4.81. The van der Waals surface area contributed by atoms with E-state index in [1.54, 1.807) is 36.1 Å². The van der Waals surface area contributed by atoms with Gasteiger partial charge in [0.1, 0.15) is 5.56 Å². The van der Waals surface area contributed by atoms with Gasteiger partial charge in [0.05, 0.1) is 29.0 Å². The smallest absolute Gasteiger partial charge is 0.343 e. The van der Waals surface area contributed by atoms with E-state index in [-0.39, 0.29) is 12.2 Å². The van der Waals surface area contributed by atoms with Gasteiger partial charge in [-0.3, -0.25) is 14.3 Å². The van der Waals surface area contributed by atoms with Gasteiger partial charge >= 0.3 is 5.97 Å². The van der Waals surface area contributed by atoms with E-state index in [9.17, 15) is 9.59 Å². The lowest BCUT2D eigenvalue weighted by Crippen LogP contribution is -2.22. The van der Waals surface area contributed by atoms with Gasteiger partial charge in [-0.15, -0.1) is 0 Å². The van der Waals surface area contributed by atoms with E-state index in [1.807, 2.05) is 6.07 Å². The number of halogens is 1. The van der Waals surface area contributed by atoms with Gasteiger partial charge in [0.15, 0.2) is 5.82 Å². The second-order valence-electron chi connectivity index (χ2n) is 6.54. The van der Waals surface area contributed by atoms with Crippen molar-refractivity contribution >= 4 is 34.2 Å². The molecule has 0 radical (unpaired) electrons. The molecule has 28 heavy (non-hydrogen) atoms. The van der Waals surface area contributed by atoms with Crippen molar-refractivity contribution in [3.05, 3.63) is 57.7 Å². The van der Waals surface area contributed by atoms with Crippen LogP contribution < -0.4 is 10.3 Å². The number of rotatable bonds is 4. The molecule has 0 bridgehead atoms. The molecule has 0 saturated carbocycles.